The van der Waals surface area contributed by atoms with E-state index in [2.05, 4.69) is 17.6 Å². The van der Waals surface area contributed by atoms with E-state index in [0.29, 0.717) is 31.9 Å². The number of anilines is 1. The predicted octanol–water partition coefficient (Wildman–Crippen LogP) is 3.25. The lowest BCUT2D eigenvalue weighted by molar-refractivity contribution is -0.126. The van der Waals surface area contributed by atoms with E-state index >= 15 is 0 Å². The fourth-order valence-corrected chi connectivity index (χ4v) is 2.85. The number of benzene rings is 1. The fraction of sp³-hybridized carbons (Fsp3) is 0.579. The van der Waals surface area contributed by atoms with E-state index in [0.717, 1.165) is 31.4 Å². The first kappa shape index (κ1) is 19.1. The van der Waals surface area contributed by atoms with Crippen molar-refractivity contribution >= 4 is 17.6 Å². The Balaban J connectivity index is 1.90. The Bertz CT molecular complexity index is 577. The Labute approximate surface area is 149 Å². The SMILES string of the molecule is CCCNC(=O)C1CCCN(C(=O)Nc2cccc(OCCC)c2)C1. The maximum atomic E-state index is 12.5. The molecular weight excluding hydrogens is 318 g/mol. The summed E-state index contributed by atoms with van der Waals surface area (Å²) >= 11 is 0. The molecule has 2 rings (SSSR count). The van der Waals surface area contributed by atoms with Crippen molar-refractivity contribution in [2.45, 2.75) is 39.5 Å². The smallest absolute Gasteiger partial charge is 0.321 e. The quantitative estimate of drug-likeness (QED) is 0.795. The Morgan fingerprint density at radius 3 is 2.88 bits per heavy atom. The molecule has 1 aliphatic rings. The van der Waals surface area contributed by atoms with Crippen molar-refractivity contribution in [3.05, 3.63) is 24.3 Å². The molecule has 0 saturated carbocycles. The highest BCUT2D eigenvalue weighted by Crippen LogP contribution is 2.20. The molecule has 1 heterocycles. The van der Waals surface area contributed by atoms with Crippen molar-refractivity contribution in [2.75, 3.05) is 31.6 Å². The first-order chi connectivity index (χ1) is 12.1. The number of rotatable bonds is 7. The summed E-state index contributed by atoms with van der Waals surface area (Å²) in [7, 11) is 0. The first-order valence-electron chi connectivity index (χ1n) is 9.20. The third-order valence-corrected chi connectivity index (χ3v) is 4.19. The van der Waals surface area contributed by atoms with Gasteiger partial charge in [0.05, 0.1) is 12.5 Å². The zero-order valence-corrected chi connectivity index (χ0v) is 15.2. The van der Waals surface area contributed by atoms with Gasteiger partial charge in [-0.05, 0) is 37.8 Å². The molecule has 1 aromatic rings. The maximum Gasteiger partial charge on any atom is 0.321 e. The van der Waals surface area contributed by atoms with Gasteiger partial charge in [0.25, 0.3) is 0 Å². The summed E-state index contributed by atoms with van der Waals surface area (Å²) in [6.07, 6.45) is 3.53. The molecule has 6 nitrogen and oxygen atoms in total. The van der Waals surface area contributed by atoms with Crippen LogP contribution in [0.4, 0.5) is 10.5 Å². The van der Waals surface area contributed by atoms with Gasteiger partial charge in [-0.15, -0.1) is 0 Å². The van der Waals surface area contributed by atoms with Gasteiger partial charge in [0.1, 0.15) is 5.75 Å². The van der Waals surface area contributed by atoms with Crippen LogP contribution in [0.3, 0.4) is 0 Å². The zero-order valence-electron chi connectivity index (χ0n) is 15.2. The number of carbonyl (C=O) groups excluding carboxylic acids is 2. The predicted molar refractivity (Wildman–Crippen MR) is 98.8 cm³/mol. The Kier molecular flexibility index (Phi) is 7.57. The van der Waals surface area contributed by atoms with Gasteiger partial charge in [0.2, 0.25) is 5.91 Å². The highest BCUT2D eigenvalue weighted by atomic mass is 16.5. The van der Waals surface area contributed by atoms with Gasteiger partial charge in [-0.1, -0.05) is 19.9 Å². The normalized spacial score (nSPS) is 17.0. The molecule has 3 amide bonds. The summed E-state index contributed by atoms with van der Waals surface area (Å²) in [6.45, 7) is 6.56. The van der Waals surface area contributed by atoms with Crippen molar-refractivity contribution in [3.8, 4) is 5.75 Å². The van der Waals surface area contributed by atoms with E-state index in [-0.39, 0.29) is 17.9 Å². The van der Waals surface area contributed by atoms with Crippen LogP contribution in [-0.4, -0.2) is 43.1 Å². The van der Waals surface area contributed by atoms with Crippen LogP contribution < -0.4 is 15.4 Å². The van der Waals surface area contributed by atoms with E-state index in [4.69, 9.17) is 4.74 Å². The van der Waals surface area contributed by atoms with Gasteiger partial charge >= 0.3 is 6.03 Å². The number of ether oxygens (including phenoxy) is 1. The molecule has 0 aromatic heterocycles. The average Bonchev–Trinajstić information content (AvgIpc) is 2.64. The Hall–Kier alpha value is -2.24. The number of urea groups is 1. The minimum atomic E-state index is -0.166. The van der Waals surface area contributed by atoms with E-state index in [1.807, 2.05) is 31.2 Å². The van der Waals surface area contributed by atoms with Crippen molar-refractivity contribution in [2.24, 2.45) is 5.92 Å². The van der Waals surface area contributed by atoms with Gasteiger partial charge in [0, 0.05) is 31.4 Å². The van der Waals surface area contributed by atoms with Crippen LogP contribution in [0.2, 0.25) is 0 Å². The maximum absolute atomic E-state index is 12.5. The van der Waals surface area contributed by atoms with Crippen LogP contribution in [0.1, 0.15) is 39.5 Å². The molecule has 138 valence electrons. The van der Waals surface area contributed by atoms with Gasteiger partial charge in [-0.25, -0.2) is 4.79 Å². The largest absolute Gasteiger partial charge is 0.494 e. The van der Waals surface area contributed by atoms with Crippen molar-refractivity contribution in [1.82, 2.24) is 10.2 Å². The van der Waals surface area contributed by atoms with Crippen LogP contribution in [0.15, 0.2) is 24.3 Å². The summed E-state index contributed by atoms with van der Waals surface area (Å²) < 4.78 is 5.59. The standard InChI is InChI=1S/C19H29N3O3/c1-3-10-20-18(23)15-7-6-11-22(14-15)19(24)21-16-8-5-9-17(13-16)25-12-4-2/h5,8-9,13,15H,3-4,6-7,10-12,14H2,1-2H3,(H,20,23)(H,21,24). The molecule has 1 unspecified atom stereocenters. The number of nitrogens with zero attached hydrogens (tertiary/aromatic N) is 1. The highest BCUT2D eigenvalue weighted by molar-refractivity contribution is 5.90. The topological polar surface area (TPSA) is 70.7 Å². The molecule has 1 saturated heterocycles. The second-order valence-corrected chi connectivity index (χ2v) is 6.38. The van der Waals surface area contributed by atoms with Crippen LogP contribution in [-0.2, 0) is 4.79 Å². The van der Waals surface area contributed by atoms with Crippen molar-refractivity contribution in [3.63, 3.8) is 0 Å². The molecule has 1 aliphatic heterocycles. The second-order valence-electron chi connectivity index (χ2n) is 6.38. The van der Waals surface area contributed by atoms with Crippen molar-refractivity contribution < 1.29 is 14.3 Å². The first-order valence-corrected chi connectivity index (χ1v) is 9.20. The molecule has 2 N–H and O–H groups in total. The van der Waals surface area contributed by atoms with E-state index in [9.17, 15) is 9.59 Å². The van der Waals surface area contributed by atoms with Crippen LogP contribution >= 0.6 is 0 Å². The zero-order chi connectivity index (χ0) is 18.1. The number of hydrogen-bond acceptors (Lipinski definition) is 3. The summed E-state index contributed by atoms with van der Waals surface area (Å²) in [5, 5.41) is 5.83. The van der Waals surface area contributed by atoms with Crippen LogP contribution in [0.5, 0.6) is 5.75 Å². The molecule has 25 heavy (non-hydrogen) atoms. The third-order valence-electron chi connectivity index (χ3n) is 4.19. The van der Waals surface area contributed by atoms with E-state index in [1.54, 1.807) is 4.90 Å². The fourth-order valence-electron chi connectivity index (χ4n) is 2.85. The third kappa shape index (κ3) is 5.96. The average molecular weight is 347 g/mol. The van der Waals surface area contributed by atoms with Gasteiger partial charge < -0.3 is 20.3 Å². The van der Waals surface area contributed by atoms with Gasteiger partial charge in [-0.2, -0.15) is 0 Å². The second kappa shape index (κ2) is 9.91. The molecule has 0 aliphatic carbocycles. The van der Waals surface area contributed by atoms with Crippen molar-refractivity contribution in [1.29, 1.82) is 0 Å². The number of carbonyl (C=O) groups is 2. The van der Waals surface area contributed by atoms with Crippen LogP contribution in [0, 0.1) is 5.92 Å². The summed E-state index contributed by atoms with van der Waals surface area (Å²) in [6, 6.07) is 7.23. The van der Waals surface area contributed by atoms with E-state index in [1.165, 1.54) is 0 Å². The molecule has 0 radical (unpaired) electrons. The Morgan fingerprint density at radius 1 is 1.28 bits per heavy atom. The number of piperidine rings is 1. The molecular formula is C19H29N3O3. The highest BCUT2D eigenvalue weighted by Gasteiger charge is 2.28. The summed E-state index contributed by atoms with van der Waals surface area (Å²) in [4.78, 5) is 26.4. The monoisotopic (exact) mass is 347 g/mol. The summed E-state index contributed by atoms with van der Waals surface area (Å²) in [5.41, 5.74) is 0.705. The Morgan fingerprint density at radius 2 is 2.12 bits per heavy atom. The molecule has 0 bridgehead atoms. The molecule has 6 heteroatoms. The number of amides is 3. The lowest BCUT2D eigenvalue weighted by atomic mass is 9.97. The minimum absolute atomic E-state index is 0.0503. The molecule has 1 aromatic carbocycles. The van der Waals surface area contributed by atoms with Crippen LogP contribution in [0.25, 0.3) is 0 Å². The number of likely N-dealkylation sites (tertiary alicyclic amines) is 1. The van der Waals surface area contributed by atoms with Gasteiger partial charge in [-0.3, -0.25) is 4.79 Å². The summed E-state index contributed by atoms with van der Waals surface area (Å²) in [5.74, 6) is 0.676. The lowest BCUT2D eigenvalue weighted by Gasteiger charge is -2.32. The van der Waals surface area contributed by atoms with E-state index < -0.39 is 0 Å². The number of nitrogens with one attached hydrogen (secondary N) is 2. The molecule has 1 atom stereocenters. The number of hydrogen-bond donors (Lipinski definition) is 2. The minimum Gasteiger partial charge on any atom is -0.494 e. The van der Waals surface area contributed by atoms with Gasteiger partial charge in [0.15, 0.2) is 0 Å². The molecule has 0 spiro atoms. The molecule has 1 fully saturated rings. The lowest BCUT2D eigenvalue weighted by Crippen LogP contribution is -2.47.